The van der Waals surface area contributed by atoms with Crippen molar-refractivity contribution in [3.05, 3.63) is 0 Å². The van der Waals surface area contributed by atoms with Crippen LogP contribution < -0.4 is 0 Å². The van der Waals surface area contributed by atoms with Crippen LogP contribution in [0.1, 0.15) is 20.3 Å². The molecule has 0 bridgehead atoms. The smallest absolute Gasteiger partial charge is 0.323 e. The molecule has 16 heavy (non-hydrogen) atoms. The van der Waals surface area contributed by atoms with E-state index < -0.39 is 5.97 Å². The van der Waals surface area contributed by atoms with E-state index in [0.29, 0.717) is 19.6 Å². The summed E-state index contributed by atoms with van der Waals surface area (Å²) in [4.78, 5) is 25.1. The highest BCUT2D eigenvalue weighted by atomic mass is 16.4. The lowest BCUT2D eigenvalue weighted by molar-refractivity contribution is -0.137. The molecule has 0 aliphatic rings. The van der Waals surface area contributed by atoms with Crippen LogP contribution in [0.3, 0.4) is 0 Å². The number of nitrogens with zero attached hydrogens (tertiary/aromatic N) is 3. The predicted molar refractivity (Wildman–Crippen MR) is 57.8 cm³/mol. The minimum absolute atomic E-state index is 0.254. The van der Waals surface area contributed by atoms with Crippen molar-refractivity contribution < 1.29 is 14.7 Å². The summed E-state index contributed by atoms with van der Waals surface area (Å²) in [5.41, 5.74) is 0. The van der Waals surface area contributed by atoms with Gasteiger partial charge in [-0.25, -0.2) is 4.79 Å². The van der Waals surface area contributed by atoms with Gasteiger partial charge in [0.05, 0.1) is 12.5 Å². The Kier molecular flexibility index (Phi) is 6.68. The van der Waals surface area contributed by atoms with E-state index in [1.807, 2.05) is 6.07 Å². The maximum absolute atomic E-state index is 11.8. The molecule has 0 unspecified atom stereocenters. The summed E-state index contributed by atoms with van der Waals surface area (Å²) in [6.07, 6.45) is 0.254. The third kappa shape index (κ3) is 4.64. The lowest BCUT2D eigenvalue weighted by atomic mass is 10.4. The third-order valence-corrected chi connectivity index (χ3v) is 2.12. The number of rotatable bonds is 6. The number of carboxylic acids is 1. The van der Waals surface area contributed by atoms with Crippen molar-refractivity contribution in [1.82, 2.24) is 9.80 Å². The van der Waals surface area contributed by atoms with Crippen LogP contribution in [0.15, 0.2) is 0 Å². The van der Waals surface area contributed by atoms with Crippen LogP contribution >= 0.6 is 0 Å². The molecule has 90 valence electrons. The summed E-state index contributed by atoms with van der Waals surface area (Å²) in [7, 11) is 0. The van der Waals surface area contributed by atoms with Gasteiger partial charge in [0.15, 0.2) is 0 Å². The normalized spacial score (nSPS) is 9.31. The number of aliphatic carboxylic acids is 1. The van der Waals surface area contributed by atoms with Gasteiger partial charge in [0.2, 0.25) is 0 Å². The van der Waals surface area contributed by atoms with E-state index in [1.54, 1.807) is 13.8 Å². The average Bonchev–Trinajstić information content (AvgIpc) is 2.26. The zero-order valence-corrected chi connectivity index (χ0v) is 9.64. The van der Waals surface area contributed by atoms with E-state index >= 15 is 0 Å². The predicted octanol–water partition coefficient (Wildman–Crippen LogP) is 0.748. The molecule has 0 aromatic rings. The second kappa shape index (κ2) is 7.51. The maximum atomic E-state index is 11.8. The van der Waals surface area contributed by atoms with Crippen molar-refractivity contribution >= 4 is 12.0 Å². The number of carbonyl (C=O) groups excluding carboxylic acids is 1. The van der Waals surface area contributed by atoms with E-state index in [0.717, 1.165) is 0 Å². The number of nitriles is 1. The molecule has 6 nitrogen and oxygen atoms in total. The van der Waals surface area contributed by atoms with E-state index in [9.17, 15) is 9.59 Å². The zero-order valence-electron chi connectivity index (χ0n) is 9.64. The molecule has 0 saturated carbocycles. The molecule has 0 heterocycles. The van der Waals surface area contributed by atoms with E-state index in [-0.39, 0.29) is 19.0 Å². The van der Waals surface area contributed by atoms with Crippen LogP contribution in [-0.4, -0.2) is 53.1 Å². The van der Waals surface area contributed by atoms with Crippen LogP contribution in [0, 0.1) is 11.3 Å². The Labute approximate surface area is 95.1 Å². The third-order valence-electron chi connectivity index (χ3n) is 2.12. The number of carbonyl (C=O) groups is 2. The van der Waals surface area contributed by atoms with Crippen LogP contribution in [0.5, 0.6) is 0 Å². The van der Waals surface area contributed by atoms with E-state index in [1.165, 1.54) is 9.80 Å². The molecule has 0 aliphatic heterocycles. The number of hydrogen-bond acceptors (Lipinski definition) is 3. The Bertz CT molecular complexity index is 286. The summed E-state index contributed by atoms with van der Waals surface area (Å²) in [5, 5.41) is 17.1. The highest BCUT2D eigenvalue weighted by Crippen LogP contribution is 2.00. The van der Waals surface area contributed by atoms with E-state index in [2.05, 4.69) is 0 Å². The Morgan fingerprint density at radius 1 is 1.25 bits per heavy atom. The van der Waals surface area contributed by atoms with Gasteiger partial charge < -0.3 is 14.9 Å². The van der Waals surface area contributed by atoms with Crippen molar-refractivity contribution in [3.8, 4) is 6.07 Å². The average molecular weight is 227 g/mol. The second-order valence-corrected chi connectivity index (χ2v) is 3.18. The van der Waals surface area contributed by atoms with Gasteiger partial charge in [-0.05, 0) is 13.8 Å². The minimum Gasteiger partial charge on any atom is -0.480 e. The van der Waals surface area contributed by atoms with Crippen molar-refractivity contribution in [2.75, 3.05) is 26.2 Å². The summed E-state index contributed by atoms with van der Waals surface area (Å²) in [5.74, 6) is -1.04. The molecule has 0 saturated heterocycles. The summed E-state index contributed by atoms with van der Waals surface area (Å²) in [6, 6.07) is 1.63. The van der Waals surface area contributed by atoms with Gasteiger partial charge in [-0.1, -0.05) is 0 Å². The maximum Gasteiger partial charge on any atom is 0.323 e. The van der Waals surface area contributed by atoms with Gasteiger partial charge >= 0.3 is 12.0 Å². The molecule has 1 N–H and O–H groups in total. The number of hydrogen-bond donors (Lipinski definition) is 1. The van der Waals surface area contributed by atoms with E-state index in [4.69, 9.17) is 10.4 Å². The molecule has 0 fully saturated rings. The molecule has 0 rings (SSSR count). The Morgan fingerprint density at radius 2 is 1.81 bits per heavy atom. The first-order valence-electron chi connectivity index (χ1n) is 5.19. The molecule has 0 aliphatic carbocycles. The lowest BCUT2D eigenvalue weighted by Crippen LogP contribution is -2.45. The van der Waals surface area contributed by atoms with Crippen molar-refractivity contribution in [1.29, 1.82) is 5.26 Å². The van der Waals surface area contributed by atoms with Crippen LogP contribution in [0.2, 0.25) is 0 Å². The Morgan fingerprint density at radius 3 is 2.19 bits per heavy atom. The van der Waals surface area contributed by atoms with Gasteiger partial charge in [0.1, 0.15) is 6.54 Å². The first-order chi connectivity index (χ1) is 7.56. The molecule has 2 amide bonds. The van der Waals surface area contributed by atoms with Crippen LogP contribution in [0.4, 0.5) is 4.79 Å². The highest BCUT2D eigenvalue weighted by molar-refractivity contribution is 5.80. The second-order valence-electron chi connectivity index (χ2n) is 3.18. The number of amides is 2. The Hall–Kier alpha value is -1.77. The molecule has 0 spiro atoms. The lowest BCUT2D eigenvalue weighted by Gasteiger charge is -2.27. The SMILES string of the molecule is CCN(CCC#N)C(=O)N(CC)CC(=O)O. The highest BCUT2D eigenvalue weighted by Gasteiger charge is 2.19. The molecule has 0 atom stereocenters. The van der Waals surface area contributed by atoms with Crippen molar-refractivity contribution in [3.63, 3.8) is 0 Å². The first kappa shape index (κ1) is 14.2. The Balaban J connectivity index is 4.44. The molecule has 0 aromatic heterocycles. The zero-order chi connectivity index (χ0) is 12.6. The fourth-order valence-corrected chi connectivity index (χ4v) is 1.25. The number of carboxylic acid groups (broad SMARTS) is 1. The summed E-state index contributed by atoms with van der Waals surface area (Å²) in [6.45, 7) is 4.36. The van der Waals surface area contributed by atoms with Crippen LogP contribution in [0.25, 0.3) is 0 Å². The fraction of sp³-hybridized carbons (Fsp3) is 0.700. The van der Waals surface area contributed by atoms with Gasteiger partial charge in [-0.2, -0.15) is 5.26 Å². The van der Waals surface area contributed by atoms with Gasteiger partial charge in [0.25, 0.3) is 0 Å². The van der Waals surface area contributed by atoms with Crippen molar-refractivity contribution in [2.45, 2.75) is 20.3 Å². The van der Waals surface area contributed by atoms with Gasteiger partial charge in [-0.3, -0.25) is 4.79 Å². The number of likely N-dealkylation sites (N-methyl/N-ethyl adjacent to an activating group) is 1. The molecule has 0 aromatic carbocycles. The first-order valence-corrected chi connectivity index (χ1v) is 5.19. The summed E-state index contributed by atoms with van der Waals surface area (Å²) >= 11 is 0. The van der Waals surface area contributed by atoms with Gasteiger partial charge in [0, 0.05) is 19.6 Å². The minimum atomic E-state index is -1.04. The number of urea groups is 1. The largest absolute Gasteiger partial charge is 0.480 e. The fourth-order valence-electron chi connectivity index (χ4n) is 1.25. The molecular weight excluding hydrogens is 210 g/mol. The van der Waals surface area contributed by atoms with Gasteiger partial charge in [-0.15, -0.1) is 0 Å². The standard InChI is InChI=1S/C10H17N3O3/c1-3-12(7-5-6-11)10(16)13(4-2)8-9(14)15/h3-5,7-8H2,1-2H3,(H,14,15). The monoisotopic (exact) mass is 227 g/mol. The molecule has 6 heteroatoms. The molecule has 0 radical (unpaired) electrons. The van der Waals surface area contributed by atoms with Crippen molar-refractivity contribution in [2.24, 2.45) is 0 Å². The quantitative estimate of drug-likeness (QED) is 0.725. The topological polar surface area (TPSA) is 84.6 Å². The molecular formula is C10H17N3O3. The summed E-state index contributed by atoms with van der Waals surface area (Å²) < 4.78 is 0. The van der Waals surface area contributed by atoms with Crippen LogP contribution in [-0.2, 0) is 4.79 Å².